The van der Waals surface area contributed by atoms with Crippen LogP contribution in [-0.2, 0) is 32.7 Å². The van der Waals surface area contributed by atoms with Crippen molar-refractivity contribution in [2.75, 3.05) is 26.4 Å². The summed E-state index contributed by atoms with van der Waals surface area (Å²) in [4.78, 5) is 35.1. The van der Waals surface area contributed by atoms with Crippen LogP contribution in [0.3, 0.4) is 0 Å². The zero-order chi connectivity index (χ0) is 54.5. The van der Waals surface area contributed by atoms with E-state index < -0.39 is 32.5 Å². The molecule has 0 rings (SSSR count). The first kappa shape index (κ1) is 71.2. The monoisotopic (exact) mass is 1060 g/mol. The Morgan fingerprint density at radius 2 is 0.693 bits per heavy atom. The van der Waals surface area contributed by atoms with Gasteiger partial charge in [0.1, 0.15) is 6.61 Å². The normalized spacial score (nSPS) is 14.0. The highest BCUT2D eigenvalue weighted by Gasteiger charge is 2.26. The molecule has 0 bridgehead atoms. The second-order valence-corrected chi connectivity index (χ2v) is 20.6. The quantitative estimate of drug-likeness (QED) is 0.0264. The Bertz CT molecular complexity index is 1680. The number of carbonyl (C=O) groups is 2. The molecule has 0 saturated heterocycles. The summed E-state index contributed by atoms with van der Waals surface area (Å²) in [5.41, 5.74) is 5.37. The summed E-state index contributed by atoms with van der Waals surface area (Å²) in [5.74, 6) is -0.881. The molecule has 2 unspecified atom stereocenters. The van der Waals surface area contributed by atoms with Crippen LogP contribution < -0.4 is 5.73 Å². The van der Waals surface area contributed by atoms with Gasteiger partial charge in [-0.15, -0.1) is 0 Å². The minimum absolute atomic E-state index is 0.0425. The smallest absolute Gasteiger partial charge is 0.462 e. The summed E-state index contributed by atoms with van der Waals surface area (Å²) in [6.07, 6.45) is 83.9. The first-order valence-electron chi connectivity index (χ1n) is 29.7. The molecule has 3 N–H and O–H groups in total. The fourth-order valence-electron chi connectivity index (χ4n) is 7.72. The third kappa shape index (κ3) is 59.3. The topological polar surface area (TPSA) is 134 Å². The number of nitrogens with two attached hydrogens (primary N) is 1. The van der Waals surface area contributed by atoms with Gasteiger partial charge in [-0.3, -0.25) is 18.6 Å². The first-order valence-corrected chi connectivity index (χ1v) is 31.2. The van der Waals surface area contributed by atoms with E-state index in [4.69, 9.17) is 24.3 Å². The van der Waals surface area contributed by atoms with E-state index in [0.717, 1.165) is 103 Å². The maximum absolute atomic E-state index is 12.7. The lowest BCUT2D eigenvalue weighted by atomic mass is 10.0. The molecule has 10 heteroatoms. The van der Waals surface area contributed by atoms with Crippen molar-refractivity contribution in [2.24, 2.45) is 5.73 Å². The Labute approximate surface area is 459 Å². The van der Waals surface area contributed by atoms with Crippen molar-refractivity contribution in [2.45, 2.75) is 238 Å². The molecule has 0 aromatic heterocycles. The molecule has 0 aromatic carbocycles. The van der Waals surface area contributed by atoms with Crippen LogP contribution in [0.5, 0.6) is 0 Å². The summed E-state index contributed by atoms with van der Waals surface area (Å²) in [6.45, 7) is 3.45. The molecular weight excluding hydrogens is 954 g/mol. The molecule has 0 heterocycles. The lowest BCUT2D eigenvalue weighted by Crippen LogP contribution is -2.29. The van der Waals surface area contributed by atoms with Gasteiger partial charge in [-0.2, -0.15) is 0 Å². The molecule has 0 aliphatic carbocycles. The highest BCUT2D eigenvalue weighted by molar-refractivity contribution is 7.47. The number of rotatable bonds is 54. The van der Waals surface area contributed by atoms with Gasteiger partial charge < -0.3 is 20.1 Å². The van der Waals surface area contributed by atoms with Crippen LogP contribution in [0.4, 0.5) is 0 Å². The average Bonchev–Trinajstić information content (AvgIpc) is 3.40. The number of hydrogen-bond acceptors (Lipinski definition) is 8. The maximum atomic E-state index is 12.7. The van der Waals surface area contributed by atoms with Gasteiger partial charge in [0, 0.05) is 19.4 Å². The van der Waals surface area contributed by atoms with Gasteiger partial charge in [-0.25, -0.2) is 4.57 Å². The molecule has 0 saturated carbocycles. The van der Waals surface area contributed by atoms with E-state index in [9.17, 15) is 19.0 Å². The van der Waals surface area contributed by atoms with Gasteiger partial charge in [0.05, 0.1) is 13.2 Å². The van der Waals surface area contributed by atoms with Gasteiger partial charge in [-0.1, -0.05) is 244 Å². The highest BCUT2D eigenvalue weighted by Crippen LogP contribution is 2.43. The molecule has 0 aliphatic heterocycles. The minimum Gasteiger partial charge on any atom is -0.462 e. The first-order chi connectivity index (χ1) is 36.8. The van der Waals surface area contributed by atoms with Crippen molar-refractivity contribution in [1.82, 2.24) is 0 Å². The number of hydrogen-bond donors (Lipinski definition) is 2. The Kier molecular flexibility index (Phi) is 56.3. The van der Waals surface area contributed by atoms with E-state index in [1.165, 1.54) is 89.9 Å². The van der Waals surface area contributed by atoms with Crippen LogP contribution in [0, 0.1) is 0 Å². The minimum atomic E-state index is -4.40. The van der Waals surface area contributed by atoms with Gasteiger partial charge >= 0.3 is 19.8 Å². The summed E-state index contributed by atoms with van der Waals surface area (Å²) in [6, 6.07) is 0. The average molecular weight is 1060 g/mol. The summed E-state index contributed by atoms with van der Waals surface area (Å²) >= 11 is 0. The second kappa shape index (κ2) is 59.4. The number of esters is 2. The molecule has 2 atom stereocenters. The van der Waals surface area contributed by atoms with Crippen LogP contribution in [-0.4, -0.2) is 49.3 Å². The molecule has 75 heavy (non-hydrogen) atoms. The number of unbranched alkanes of at least 4 members (excludes halogenated alkanes) is 19. The zero-order valence-electron chi connectivity index (χ0n) is 47.5. The summed E-state index contributed by atoms with van der Waals surface area (Å²) < 4.78 is 32.9. The number of ether oxygens (including phenoxy) is 2. The van der Waals surface area contributed by atoms with Crippen LogP contribution in [0.1, 0.15) is 232 Å². The Hall–Kier alpha value is -3.85. The van der Waals surface area contributed by atoms with E-state index in [1.807, 2.05) is 0 Å². The number of phosphoric acid groups is 1. The SMILES string of the molecule is CC/C=C\C/C=C\C/C=C\C/C=C\C/C=C\C/C=C\C/C=C\CCCCCCCCCCCCCCCCCCCC(=O)OC(COC(=O)CCCC/C=C\C/C=C\C/C=C\C/C=C\CC)COP(=O)(O)OCCN. The number of phosphoric ester groups is 1. The summed E-state index contributed by atoms with van der Waals surface area (Å²) in [7, 11) is -4.40. The van der Waals surface area contributed by atoms with Gasteiger partial charge in [0.25, 0.3) is 0 Å². The molecule has 9 nitrogen and oxygen atoms in total. The summed E-state index contributed by atoms with van der Waals surface area (Å²) in [5, 5.41) is 0. The molecule has 0 radical (unpaired) electrons. The molecule has 426 valence electrons. The zero-order valence-corrected chi connectivity index (χ0v) is 48.4. The standard InChI is InChI=1S/C65H108NO8P/c1-3-5-7-9-11-13-15-17-19-20-21-22-23-24-25-26-27-28-29-30-31-32-33-34-35-36-37-38-39-40-41-42-44-46-48-50-52-54-56-58-65(68)74-63(62-73-75(69,70)72-60-59-66)61-71-64(67)57-55-53-51-49-47-45-43-18-16-14-12-10-8-6-4-2/h5-8,11-14,17-19,21-22,24-25,27-28,30-31,43,47,49,63H,3-4,9-10,15-16,20,23,26,29,32-42,44-46,48,50-62,66H2,1-2H3,(H,69,70)/b7-5-,8-6-,13-11-,14-12-,19-17-,22-21-,25-24-,28-27-,31-30-,43-18-,49-47-. The predicted molar refractivity (Wildman–Crippen MR) is 320 cm³/mol. The Morgan fingerprint density at radius 3 is 1.05 bits per heavy atom. The van der Waals surface area contributed by atoms with E-state index >= 15 is 0 Å². The van der Waals surface area contributed by atoms with Crippen molar-refractivity contribution < 1.29 is 37.6 Å². The van der Waals surface area contributed by atoms with Gasteiger partial charge in [-0.05, 0) is 109 Å². The van der Waals surface area contributed by atoms with E-state index in [0.29, 0.717) is 12.8 Å². The largest absolute Gasteiger partial charge is 0.472 e. The lowest BCUT2D eigenvalue weighted by Gasteiger charge is -2.19. The highest BCUT2D eigenvalue weighted by atomic mass is 31.2. The Morgan fingerprint density at radius 1 is 0.400 bits per heavy atom. The third-order valence-corrected chi connectivity index (χ3v) is 13.0. The van der Waals surface area contributed by atoms with Crippen molar-refractivity contribution in [1.29, 1.82) is 0 Å². The fourth-order valence-corrected chi connectivity index (χ4v) is 8.49. The van der Waals surface area contributed by atoms with Crippen molar-refractivity contribution in [3.63, 3.8) is 0 Å². The maximum Gasteiger partial charge on any atom is 0.472 e. The molecule has 0 spiro atoms. The second-order valence-electron chi connectivity index (χ2n) is 19.1. The fraction of sp³-hybridized carbons (Fsp3) is 0.631. The molecule has 0 amide bonds. The molecule has 0 fully saturated rings. The molecular formula is C65H108NO8P. The number of carbonyl (C=O) groups excluding carboxylic acids is 2. The Balaban J connectivity index is 3.90. The van der Waals surface area contributed by atoms with E-state index in [-0.39, 0.29) is 32.6 Å². The van der Waals surface area contributed by atoms with Crippen molar-refractivity contribution in [3.05, 3.63) is 134 Å². The lowest BCUT2D eigenvalue weighted by molar-refractivity contribution is -0.161. The van der Waals surface area contributed by atoms with Crippen LogP contribution in [0.15, 0.2) is 134 Å². The van der Waals surface area contributed by atoms with E-state index in [2.05, 4.69) is 148 Å². The molecule has 0 aliphatic rings. The van der Waals surface area contributed by atoms with E-state index in [1.54, 1.807) is 0 Å². The van der Waals surface area contributed by atoms with Crippen molar-refractivity contribution in [3.8, 4) is 0 Å². The predicted octanol–water partition coefficient (Wildman–Crippen LogP) is 19.0. The van der Waals surface area contributed by atoms with Crippen LogP contribution in [0.2, 0.25) is 0 Å². The molecule has 0 aromatic rings. The number of allylic oxidation sites excluding steroid dienone is 22. The van der Waals surface area contributed by atoms with Crippen LogP contribution >= 0.6 is 7.82 Å². The van der Waals surface area contributed by atoms with Crippen molar-refractivity contribution >= 4 is 19.8 Å². The van der Waals surface area contributed by atoms with Gasteiger partial charge in [0.2, 0.25) is 0 Å². The van der Waals surface area contributed by atoms with Crippen LogP contribution in [0.25, 0.3) is 0 Å². The van der Waals surface area contributed by atoms with Gasteiger partial charge in [0.15, 0.2) is 6.10 Å². The third-order valence-electron chi connectivity index (χ3n) is 12.0.